The molecule has 4 rings (SSSR count). The summed E-state index contributed by atoms with van der Waals surface area (Å²) in [6, 6.07) is 12.2. The number of benzene rings is 3. The van der Waals surface area contributed by atoms with Crippen LogP contribution >= 0.6 is 0 Å². The minimum Gasteiger partial charge on any atom is -0.502 e. The van der Waals surface area contributed by atoms with Crippen LogP contribution in [0.3, 0.4) is 0 Å². The zero-order valence-electron chi connectivity index (χ0n) is 23.1. The standard InChI is InChI=1S/C30H27N3O9/c1-15-12-16(2)18(4)23(17(15)3)14-41-20-7-5-6-19(13-20)21-10-11-40-27(21)30(37)42-29(36)22-8-9-24(34)26(33(38)39)25(22)28(35)32-31/h5-13,34H,14,31H2,1-4H3,(H,32,35). The van der Waals surface area contributed by atoms with Crippen LogP contribution in [0.25, 0.3) is 11.1 Å². The van der Waals surface area contributed by atoms with E-state index in [1.54, 1.807) is 29.7 Å². The molecule has 0 unspecified atom stereocenters. The molecular formula is C30H27N3O9. The van der Waals surface area contributed by atoms with Gasteiger partial charge in [-0.05, 0) is 91.4 Å². The van der Waals surface area contributed by atoms with Crippen molar-refractivity contribution in [3.63, 3.8) is 0 Å². The molecule has 1 aromatic heterocycles. The van der Waals surface area contributed by atoms with Crippen LogP contribution in [-0.2, 0) is 11.3 Å². The van der Waals surface area contributed by atoms with Gasteiger partial charge in [-0.15, -0.1) is 0 Å². The van der Waals surface area contributed by atoms with Gasteiger partial charge in [0.25, 0.3) is 5.91 Å². The highest BCUT2D eigenvalue weighted by molar-refractivity contribution is 6.12. The second kappa shape index (κ2) is 11.9. The van der Waals surface area contributed by atoms with Crippen molar-refractivity contribution in [2.75, 3.05) is 0 Å². The molecule has 0 aliphatic carbocycles. The van der Waals surface area contributed by atoms with Crippen LogP contribution in [0.1, 0.15) is 59.1 Å². The van der Waals surface area contributed by atoms with Crippen LogP contribution in [-0.4, -0.2) is 27.9 Å². The molecule has 0 saturated heterocycles. The lowest BCUT2D eigenvalue weighted by Gasteiger charge is -2.16. The first kappa shape index (κ1) is 29.5. The van der Waals surface area contributed by atoms with Gasteiger partial charge in [-0.2, -0.15) is 0 Å². The van der Waals surface area contributed by atoms with E-state index in [-0.39, 0.29) is 11.3 Å². The zero-order valence-corrected chi connectivity index (χ0v) is 23.1. The monoisotopic (exact) mass is 573 g/mol. The Labute approximate surface area is 239 Å². The van der Waals surface area contributed by atoms with Gasteiger partial charge in [-0.3, -0.25) is 20.3 Å². The number of nitrogen functional groups attached to an aromatic ring is 1. The van der Waals surface area contributed by atoms with Gasteiger partial charge in [-0.1, -0.05) is 18.2 Å². The normalized spacial score (nSPS) is 10.7. The van der Waals surface area contributed by atoms with Crippen LogP contribution in [0.15, 0.2) is 59.2 Å². The Morgan fingerprint density at radius 3 is 2.33 bits per heavy atom. The molecule has 4 aromatic rings. The van der Waals surface area contributed by atoms with Crippen molar-refractivity contribution < 1.29 is 38.3 Å². The quantitative estimate of drug-likeness (QED) is 0.0649. The zero-order chi connectivity index (χ0) is 30.7. The molecule has 1 heterocycles. The van der Waals surface area contributed by atoms with Crippen molar-refractivity contribution >= 4 is 23.5 Å². The maximum Gasteiger partial charge on any atom is 0.382 e. The van der Waals surface area contributed by atoms with Crippen LogP contribution in [0, 0.1) is 37.8 Å². The van der Waals surface area contributed by atoms with Crippen LogP contribution < -0.4 is 16.0 Å². The van der Waals surface area contributed by atoms with Crippen LogP contribution in [0.2, 0.25) is 0 Å². The van der Waals surface area contributed by atoms with Crippen molar-refractivity contribution in [1.29, 1.82) is 0 Å². The molecule has 4 N–H and O–H groups in total. The first-order chi connectivity index (χ1) is 19.9. The Balaban J connectivity index is 1.59. The number of furan rings is 1. The third kappa shape index (κ3) is 5.69. The van der Waals surface area contributed by atoms with Crippen molar-refractivity contribution in [1.82, 2.24) is 5.43 Å². The fourth-order valence-corrected chi connectivity index (χ4v) is 4.54. The molecule has 42 heavy (non-hydrogen) atoms. The largest absolute Gasteiger partial charge is 0.502 e. The first-order valence-corrected chi connectivity index (χ1v) is 12.6. The SMILES string of the molecule is Cc1cc(C)c(C)c(COc2cccc(-c3ccoc3C(=O)OC(=O)c3ccc(O)c([N+](=O)[O-])c3C(=O)NN)c2)c1C. The molecule has 0 bridgehead atoms. The van der Waals surface area contributed by atoms with Crippen molar-refractivity contribution in [3.8, 4) is 22.6 Å². The summed E-state index contributed by atoms with van der Waals surface area (Å²) in [6.07, 6.45) is 1.23. The number of nitro groups is 1. The average molecular weight is 574 g/mol. The molecule has 0 saturated carbocycles. The predicted molar refractivity (Wildman–Crippen MR) is 150 cm³/mol. The summed E-state index contributed by atoms with van der Waals surface area (Å²) >= 11 is 0. The van der Waals surface area contributed by atoms with Crippen molar-refractivity contribution in [3.05, 3.63) is 110 Å². The number of carbonyl (C=O) groups excluding carboxylic acids is 3. The smallest absolute Gasteiger partial charge is 0.382 e. The molecule has 1 amide bonds. The third-order valence-electron chi connectivity index (χ3n) is 7.00. The van der Waals surface area contributed by atoms with Crippen molar-refractivity contribution in [2.24, 2.45) is 5.84 Å². The third-order valence-corrected chi connectivity index (χ3v) is 7.00. The fraction of sp³-hybridized carbons (Fsp3) is 0.167. The number of phenols is 1. The fourth-order valence-electron chi connectivity index (χ4n) is 4.54. The molecular weight excluding hydrogens is 546 g/mol. The van der Waals surface area contributed by atoms with Gasteiger partial charge < -0.3 is 19.0 Å². The molecule has 0 spiro atoms. The number of nitrogens with two attached hydrogens (primary N) is 1. The van der Waals surface area contributed by atoms with E-state index in [9.17, 15) is 29.6 Å². The predicted octanol–water partition coefficient (Wildman–Crippen LogP) is 4.97. The van der Waals surface area contributed by atoms with Crippen LogP contribution in [0.5, 0.6) is 11.5 Å². The van der Waals surface area contributed by atoms with E-state index in [1.807, 2.05) is 27.7 Å². The lowest BCUT2D eigenvalue weighted by atomic mass is 9.95. The number of nitrogens with zero attached hydrogens (tertiary/aromatic N) is 1. The van der Waals surface area contributed by atoms with Gasteiger partial charge >= 0.3 is 17.6 Å². The molecule has 12 nitrogen and oxygen atoms in total. The van der Waals surface area contributed by atoms with E-state index in [0.717, 1.165) is 28.8 Å². The van der Waals surface area contributed by atoms with Gasteiger partial charge in [-0.25, -0.2) is 15.4 Å². The van der Waals surface area contributed by atoms with Crippen molar-refractivity contribution in [2.45, 2.75) is 34.3 Å². The number of ether oxygens (including phenoxy) is 2. The molecule has 0 aliphatic heterocycles. The van der Waals surface area contributed by atoms with Gasteiger partial charge in [0.2, 0.25) is 5.76 Å². The minimum absolute atomic E-state index is 0.286. The number of carbonyl (C=O) groups is 3. The average Bonchev–Trinajstić information content (AvgIpc) is 3.46. The number of nitro benzene ring substituents is 1. The number of phenolic OH excluding ortho intramolecular Hbond substituents is 1. The number of hydrogen-bond acceptors (Lipinski definition) is 10. The maximum absolute atomic E-state index is 13.0. The highest BCUT2D eigenvalue weighted by Gasteiger charge is 2.33. The van der Waals surface area contributed by atoms with Crippen LogP contribution in [0.4, 0.5) is 5.69 Å². The second-order valence-electron chi connectivity index (χ2n) is 9.48. The summed E-state index contributed by atoms with van der Waals surface area (Å²) < 4.78 is 16.3. The summed E-state index contributed by atoms with van der Waals surface area (Å²) in [5.74, 6) is 0.529. The number of aromatic hydroxyl groups is 1. The van der Waals surface area contributed by atoms with Gasteiger partial charge in [0.1, 0.15) is 17.9 Å². The Kier molecular flexibility index (Phi) is 8.39. The molecule has 0 atom stereocenters. The Hall–Kier alpha value is -5.49. The van der Waals surface area contributed by atoms with E-state index in [0.29, 0.717) is 17.9 Å². The number of rotatable bonds is 8. The van der Waals surface area contributed by atoms with E-state index in [1.165, 1.54) is 23.5 Å². The topological polar surface area (TPSA) is 184 Å². The number of nitrogens with one attached hydrogen (secondary N) is 1. The maximum atomic E-state index is 13.0. The Bertz CT molecular complexity index is 1710. The summed E-state index contributed by atoms with van der Waals surface area (Å²) in [7, 11) is 0. The van der Waals surface area contributed by atoms with E-state index < -0.39 is 45.3 Å². The number of hydrogen-bond donors (Lipinski definition) is 3. The second-order valence-corrected chi connectivity index (χ2v) is 9.48. The molecule has 12 heteroatoms. The number of esters is 2. The highest BCUT2D eigenvalue weighted by atomic mass is 16.6. The summed E-state index contributed by atoms with van der Waals surface area (Å²) in [5, 5.41) is 21.3. The summed E-state index contributed by atoms with van der Waals surface area (Å²) in [5.41, 5.74) is 5.56. The number of hydrazine groups is 1. The van der Waals surface area contributed by atoms with E-state index >= 15 is 0 Å². The number of amides is 1. The molecule has 0 radical (unpaired) electrons. The molecule has 0 fully saturated rings. The first-order valence-electron chi connectivity index (χ1n) is 12.6. The summed E-state index contributed by atoms with van der Waals surface area (Å²) in [4.78, 5) is 48.5. The van der Waals surface area contributed by atoms with E-state index in [4.69, 9.17) is 19.7 Å². The lowest BCUT2D eigenvalue weighted by molar-refractivity contribution is -0.386. The van der Waals surface area contributed by atoms with Gasteiger partial charge in [0, 0.05) is 5.56 Å². The lowest BCUT2D eigenvalue weighted by Crippen LogP contribution is -2.32. The number of aryl methyl sites for hydroxylation is 2. The summed E-state index contributed by atoms with van der Waals surface area (Å²) in [6.45, 7) is 8.52. The molecule has 0 aliphatic rings. The Morgan fingerprint density at radius 1 is 1.00 bits per heavy atom. The van der Waals surface area contributed by atoms with Gasteiger partial charge in [0.15, 0.2) is 5.75 Å². The Morgan fingerprint density at radius 2 is 1.69 bits per heavy atom. The molecule has 216 valence electrons. The minimum atomic E-state index is -1.40. The van der Waals surface area contributed by atoms with E-state index in [2.05, 4.69) is 6.07 Å². The van der Waals surface area contributed by atoms with Gasteiger partial charge in [0.05, 0.1) is 16.7 Å². The highest BCUT2D eigenvalue weighted by Crippen LogP contribution is 2.34. The molecule has 3 aromatic carbocycles.